The number of carbonyl (C=O) groups is 2. The smallest absolute Gasteiger partial charge is 0.337 e. The number of esters is 1. The molecule has 0 aliphatic heterocycles. The van der Waals surface area contributed by atoms with E-state index in [1.165, 1.54) is 25.6 Å². The van der Waals surface area contributed by atoms with Crippen LogP contribution in [0, 0.1) is 5.82 Å². The van der Waals surface area contributed by atoms with E-state index in [1.54, 1.807) is 24.3 Å². The van der Waals surface area contributed by atoms with Crippen LogP contribution in [0.3, 0.4) is 0 Å². The molecule has 3 aromatic rings. The Hall–Kier alpha value is -3.55. The number of methoxy groups -OCH3 is 1. The number of nitrogens with zero attached hydrogens (tertiary/aromatic N) is 2. The van der Waals surface area contributed by atoms with Crippen molar-refractivity contribution >= 4 is 28.5 Å². The molecule has 1 N–H and O–H groups in total. The maximum atomic E-state index is 13.9. The lowest BCUT2D eigenvalue weighted by atomic mass is 10.2. The molecule has 132 valence electrons. The number of rotatable bonds is 4. The molecule has 1 heterocycles. The second kappa shape index (κ2) is 7.14. The Balaban J connectivity index is 1.83. The maximum absolute atomic E-state index is 13.9. The molecular formula is C18H14FN3O4. The number of anilines is 1. The van der Waals surface area contributed by atoms with Crippen LogP contribution in [-0.2, 0) is 16.1 Å². The Morgan fingerprint density at radius 2 is 2.00 bits per heavy atom. The summed E-state index contributed by atoms with van der Waals surface area (Å²) < 4.78 is 19.6. The summed E-state index contributed by atoms with van der Waals surface area (Å²) in [7, 11) is 1.20. The quantitative estimate of drug-likeness (QED) is 0.723. The molecule has 0 saturated carbocycles. The van der Waals surface area contributed by atoms with Gasteiger partial charge in [-0.15, -0.1) is 0 Å². The van der Waals surface area contributed by atoms with Crippen LogP contribution in [0.1, 0.15) is 10.4 Å². The molecule has 0 spiro atoms. The van der Waals surface area contributed by atoms with Crippen molar-refractivity contribution in [3.8, 4) is 0 Å². The highest BCUT2D eigenvalue weighted by atomic mass is 19.1. The molecular weight excluding hydrogens is 341 g/mol. The fourth-order valence-electron chi connectivity index (χ4n) is 2.43. The SMILES string of the molecule is COC(=O)c1ccc(F)c(NC(=O)Cn2cnc3ccccc3c2=O)c1. The van der Waals surface area contributed by atoms with Gasteiger partial charge in [-0.3, -0.25) is 14.2 Å². The zero-order valence-corrected chi connectivity index (χ0v) is 13.7. The fourth-order valence-corrected chi connectivity index (χ4v) is 2.43. The molecule has 2 aromatic carbocycles. The van der Waals surface area contributed by atoms with Crippen molar-refractivity contribution in [2.45, 2.75) is 6.54 Å². The van der Waals surface area contributed by atoms with Crippen molar-refractivity contribution in [2.24, 2.45) is 0 Å². The van der Waals surface area contributed by atoms with E-state index >= 15 is 0 Å². The van der Waals surface area contributed by atoms with Crippen LogP contribution in [-0.4, -0.2) is 28.5 Å². The third kappa shape index (κ3) is 3.44. The molecule has 26 heavy (non-hydrogen) atoms. The first kappa shape index (κ1) is 17.3. The number of fused-ring (bicyclic) bond motifs is 1. The van der Waals surface area contributed by atoms with E-state index in [2.05, 4.69) is 15.0 Å². The molecule has 8 heteroatoms. The summed E-state index contributed by atoms with van der Waals surface area (Å²) in [6.45, 7) is -0.349. The molecule has 7 nitrogen and oxygen atoms in total. The van der Waals surface area contributed by atoms with Crippen molar-refractivity contribution in [2.75, 3.05) is 12.4 Å². The molecule has 0 unspecified atom stereocenters. The van der Waals surface area contributed by atoms with Gasteiger partial charge in [0.1, 0.15) is 12.4 Å². The van der Waals surface area contributed by atoms with Gasteiger partial charge in [-0.25, -0.2) is 14.2 Å². The van der Waals surface area contributed by atoms with E-state index in [1.807, 2.05) is 0 Å². The van der Waals surface area contributed by atoms with Gasteiger partial charge >= 0.3 is 5.97 Å². The third-order valence-electron chi connectivity index (χ3n) is 3.71. The van der Waals surface area contributed by atoms with E-state index in [9.17, 15) is 18.8 Å². The number of carbonyl (C=O) groups excluding carboxylic acids is 2. The van der Waals surface area contributed by atoms with Gasteiger partial charge in [0.15, 0.2) is 0 Å². The largest absolute Gasteiger partial charge is 0.465 e. The second-order valence-electron chi connectivity index (χ2n) is 5.43. The Morgan fingerprint density at radius 3 is 2.77 bits per heavy atom. The lowest BCUT2D eigenvalue weighted by Gasteiger charge is -2.10. The van der Waals surface area contributed by atoms with Crippen LogP contribution in [0.2, 0.25) is 0 Å². The lowest BCUT2D eigenvalue weighted by molar-refractivity contribution is -0.116. The topological polar surface area (TPSA) is 90.3 Å². The van der Waals surface area contributed by atoms with E-state index in [4.69, 9.17) is 0 Å². The number of benzene rings is 2. The number of nitrogens with one attached hydrogen (secondary N) is 1. The van der Waals surface area contributed by atoms with E-state index in [0.717, 1.165) is 10.6 Å². The first-order valence-corrected chi connectivity index (χ1v) is 7.61. The Labute approximate surface area is 147 Å². The highest BCUT2D eigenvalue weighted by Crippen LogP contribution is 2.17. The van der Waals surface area contributed by atoms with Gasteiger partial charge < -0.3 is 10.1 Å². The van der Waals surface area contributed by atoms with E-state index in [-0.39, 0.29) is 23.4 Å². The van der Waals surface area contributed by atoms with Crippen LogP contribution < -0.4 is 10.9 Å². The third-order valence-corrected chi connectivity index (χ3v) is 3.71. The zero-order chi connectivity index (χ0) is 18.7. The van der Waals surface area contributed by atoms with Crippen molar-refractivity contribution < 1.29 is 18.7 Å². The standard InChI is InChI=1S/C18H14FN3O4/c1-26-18(25)11-6-7-13(19)15(8-11)21-16(23)9-22-10-20-14-5-3-2-4-12(14)17(22)24/h2-8,10H,9H2,1H3,(H,21,23). The normalized spacial score (nSPS) is 10.5. The molecule has 0 saturated heterocycles. The van der Waals surface area contributed by atoms with Crippen LogP contribution in [0.25, 0.3) is 10.9 Å². The molecule has 1 aromatic heterocycles. The first-order valence-electron chi connectivity index (χ1n) is 7.61. The zero-order valence-electron chi connectivity index (χ0n) is 13.7. The van der Waals surface area contributed by atoms with Crippen molar-refractivity contribution in [3.63, 3.8) is 0 Å². The molecule has 0 radical (unpaired) electrons. The number of halogens is 1. The van der Waals surface area contributed by atoms with E-state index in [0.29, 0.717) is 10.9 Å². The highest BCUT2D eigenvalue weighted by Gasteiger charge is 2.13. The molecule has 1 amide bonds. The van der Waals surface area contributed by atoms with Gasteiger partial charge in [-0.05, 0) is 30.3 Å². The highest BCUT2D eigenvalue weighted by molar-refractivity contribution is 5.94. The number of ether oxygens (including phenoxy) is 1. The second-order valence-corrected chi connectivity index (χ2v) is 5.43. The molecule has 0 fully saturated rings. The lowest BCUT2D eigenvalue weighted by Crippen LogP contribution is -2.28. The summed E-state index contributed by atoms with van der Waals surface area (Å²) in [5, 5.41) is 2.72. The summed E-state index contributed by atoms with van der Waals surface area (Å²) in [6, 6.07) is 10.2. The molecule has 3 rings (SSSR count). The van der Waals surface area contributed by atoms with Gasteiger partial charge in [0.2, 0.25) is 5.91 Å². The summed E-state index contributed by atoms with van der Waals surface area (Å²) in [5.74, 6) is -2.00. The Bertz CT molecular complexity index is 1060. The summed E-state index contributed by atoms with van der Waals surface area (Å²) in [5.41, 5.74) is 0.0500. The Morgan fingerprint density at radius 1 is 1.23 bits per heavy atom. The van der Waals surface area contributed by atoms with Gasteiger partial charge in [0.25, 0.3) is 5.56 Å². The summed E-state index contributed by atoms with van der Waals surface area (Å²) >= 11 is 0. The van der Waals surface area contributed by atoms with Gasteiger partial charge in [0.05, 0.1) is 35.6 Å². The van der Waals surface area contributed by atoms with Gasteiger partial charge in [0, 0.05) is 0 Å². The molecule has 0 atom stereocenters. The van der Waals surface area contributed by atoms with Gasteiger partial charge in [-0.2, -0.15) is 0 Å². The predicted octanol–water partition coefficient (Wildman–Crippen LogP) is 1.96. The minimum absolute atomic E-state index is 0.0914. The summed E-state index contributed by atoms with van der Waals surface area (Å²) in [6.07, 6.45) is 1.26. The van der Waals surface area contributed by atoms with Crippen molar-refractivity contribution in [3.05, 3.63) is 70.5 Å². The minimum Gasteiger partial charge on any atom is -0.465 e. The maximum Gasteiger partial charge on any atom is 0.337 e. The number of para-hydroxylation sites is 1. The number of hydrogen-bond donors (Lipinski definition) is 1. The average molecular weight is 355 g/mol. The summed E-state index contributed by atoms with van der Waals surface area (Å²) in [4.78, 5) is 40.2. The van der Waals surface area contributed by atoms with Crippen molar-refractivity contribution in [1.29, 1.82) is 0 Å². The van der Waals surface area contributed by atoms with E-state index < -0.39 is 17.7 Å². The van der Waals surface area contributed by atoms with Crippen LogP contribution >= 0.6 is 0 Å². The first-order chi connectivity index (χ1) is 12.5. The monoisotopic (exact) mass is 355 g/mol. The van der Waals surface area contributed by atoms with Gasteiger partial charge in [-0.1, -0.05) is 12.1 Å². The van der Waals surface area contributed by atoms with Crippen molar-refractivity contribution in [1.82, 2.24) is 9.55 Å². The molecule has 0 aliphatic rings. The minimum atomic E-state index is -0.713. The van der Waals surface area contributed by atoms with Crippen LogP contribution in [0.15, 0.2) is 53.6 Å². The number of hydrogen-bond acceptors (Lipinski definition) is 5. The number of amides is 1. The Kier molecular flexibility index (Phi) is 4.74. The molecule has 0 aliphatic carbocycles. The molecule has 0 bridgehead atoms. The van der Waals surface area contributed by atoms with Crippen LogP contribution in [0.5, 0.6) is 0 Å². The van der Waals surface area contributed by atoms with Crippen LogP contribution in [0.4, 0.5) is 10.1 Å². The fraction of sp³-hybridized carbons (Fsp3) is 0.111. The average Bonchev–Trinajstić information content (AvgIpc) is 2.65. The predicted molar refractivity (Wildman–Crippen MR) is 92.4 cm³/mol. The number of aromatic nitrogens is 2.